The van der Waals surface area contributed by atoms with Gasteiger partial charge in [0.05, 0.1) is 5.56 Å². The molecule has 8 heteroatoms. The number of hydrogen-bond donors (Lipinski definition) is 3. The molecule has 29 heavy (non-hydrogen) atoms. The van der Waals surface area contributed by atoms with Gasteiger partial charge in [0.25, 0.3) is 0 Å². The number of methoxy groups -OCH3 is 1. The summed E-state index contributed by atoms with van der Waals surface area (Å²) in [6.07, 6.45) is -6.45. The second-order valence-electron chi connectivity index (χ2n) is 6.65. The van der Waals surface area contributed by atoms with E-state index in [1.165, 1.54) is 7.11 Å². The Morgan fingerprint density at radius 2 is 1.66 bits per heavy atom. The van der Waals surface area contributed by atoms with Crippen LogP contribution in [0.15, 0.2) is 54.6 Å². The van der Waals surface area contributed by atoms with Crippen LogP contribution < -0.4 is 4.74 Å². The number of carbonyl (C=O) groups excluding carboxylic acids is 1. The molecule has 1 aliphatic rings. The van der Waals surface area contributed by atoms with Crippen molar-refractivity contribution in [2.45, 2.75) is 37.3 Å². The van der Waals surface area contributed by atoms with Crippen LogP contribution in [0.1, 0.15) is 15.9 Å². The zero-order valence-electron chi connectivity index (χ0n) is 15.9. The minimum Gasteiger partial charge on any atom is -0.489 e. The lowest BCUT2D eigenvalue weighted by atomic mass is 9.99. The molecule has 8 nitrogen and oxygen atoms in total. The molecule has 156 valence electrons. The third kappa shape index (κ3) is 5.31. The molecule has 2 aromatic rings. The number of esters is 1. The van der Waals surface area contributed by atoms with Gasteiger partial charge in [-0.25, -0.2) is 4.79 Å². The molecule has 1 aliphatic heterocycles. The molecule has 0 radical (unpaired) electrons. The summed E-state index contributed by atoms with van der Waals surface area (Å²) in [5, 5.41) is 29.6. The summed E-state index contributed by atoms with van der Waals surface area (Å²) in [5.41, 5.74) is 1.33. The zero-order valence-corrected chi connectivity index (χ0v) is 15.9. The van der Waals surface area contributed by atoms with E-state index in [4.69, 9.17) is 18.9 Å². The van der Waals surface area contributed by atoms with Crippen LogP contribution in [-0.2, 0) is 20.8 Å². The van der Waals surface area contributed by atoms with E-state index in [1.807, 2.05) is 30.3 Å². The average molecular weight is 404 g/mol. The summed E-state index contributed by atoms with van der Waals surface area (Å²) >= 11 is 0. The minimum atomic E-state index is -1.47. The predicted molar refractivity (Wildman–Crippen MR) is 101 cm³/mol. The Morgan fingerprint density at radius 3 is 2.31 bits per heavy atom. The van der Waals surface area contributed by atoms with Gasteiger partial charge in [0.15, 0.2) is 6.29 Å². The molecule has 0 aliphatic carbocycles. The lowest BCUT2D eigenvalue weighted by Crippen LogP contribution is -2.59. The lowest BCUT2D eigenvalue weighted by Gasteiger charge is -2.39. The Balaban J connectivity index is 1.51. The van der Waals surface area contributed by atoms with Gasteiger partial charge in [-0.2, -0.15) is 0 Å². The van der Waals surface area contributed by atoms with Crippen molar-refractivity contribution >= 4 is 5.97 Å². The first kappa shape index (κ1) is 21.2. The second-order valence-corrected chi connectivity index (χ2v) is 6.65. The Morgan fingerprint density at radius 1 is 0.966 bits per heavy atom. The fourth-order valence-corrected chi connectivity index (χ4v) is 2.92. The van der Waals surface area contributed by atoms with E-state index in [0.29, 0.717) is 17.9 Å². The number of carbonyl (C=O) groups is 1. The first-order valence-corrected chi connectivity index (χ1v) is 9.16. The minimum absolute atomic E-state index is 0.297. The van der Waals surface area contributed by atoms with Crippen LogP contribution in [0.5, 0.6) is 5.75 Å². The third-order valence-corrected chi connectivity index (χ3v) is 4.62. The van der Waals surface area contributed by atoms with Gasteiger partial charge in [0.1, 0.15) is 43.4 Å². The smallest absolute Gasteiger partial charge is 0.338 e. The maximum Gasteiger partial charge on any atom is 0.338 e. The molecule has 0 spiro atoms. The SMILES string of the molecule is CO[C@H]1O[C@H](COC(=O)c2ccc(OCc3ccccc3)cc2)[C@H](O)C(O)[C@H]1O. The average Bonchev–Trinajstić information content (AvgIpc) is 2.76. The van der Waals surface area contributed by atoms with E-state index >= 15 is 0 Å². The van der Waals surface area contributed by atoms with E-state index in [0.717, 1.165) is 5.56 Å². The molecule has 3 N–H and O–H groups in total. The highest BCUT2D eigenvalue weighted by Crippen LogP contribution is 2.22. The van der Waals surface area contributed by atoms with Gasteiger partial charge in [-0.1, -0.05) is 30.3 Å². The summed E-state index contributed by atoms with van der Waals surface area (Å²) in [6.45, 7) is 0.103. The Kier molecular flexibility index (Phi) is 7.18. The Hall–Kier alpha value is -2.49. The molecule has 0 aromatic heterocycles. The molecule has 0 saturated carbocycles. The standard InChI is InChI=1S/C21H24O8/c1-26-21-19(24)18(23)17(22)16(29-21)12-28-20(25)14-7-9-15(10-8-14)27-11-13-5-3-2-4-6-13/h2-10,16-19,21-24H,11-12H2,1H3/t16-,17+,18?,19-,21+/m1/s1. The third-order valence-electron chi connectivity index (χ3n) is 4.62. The molecule has 1 unspecified atom stereocenters. The summed E-state index contributed by atoms with van der Waals surface area (Å²) in [7, 11) is 1.29. The maximum absolute atomic E-state index is 12.2. The van der Waals surface area contributed by atoms with Crippen molar-refractivity contribution in [3.8, 4) is 5.75 Å². The molecule has 0 amide bonds. The summed E-state index contributed by atoms with van der Waals surface area (Å²) < 4.78 is 21.1. The highest BCUT2D eigenvalue weighted by atomic mass is 16.7. The van der Waals surface area contributed by atoms with Crippen LogP contribution in [0.3, 0.4) is 0 Å². The normalized spacial score (nSPS) is 26.7. The van der Waals surface area contributed by atoms with Gasteiger partial charge < -0.3 is 34.3 Å². The van der Waals surface area contributed by atoms with Crippen molar-refractivity contribution in [2.75, 3.05) is 13.7 Å². The maximum atomic E-state index is 12.2. The van der Waals surface area contributed by atoms with E-state index in [2.05, 4.69) is 0 Å². The number of ether oxygens (including phenoxy) is 4. The number of aliphatic hydroxyl groups is 3. The van der Waals surface area contributed by atoms with Crippen LogP contribution in [-0.4, -0.2) is 65.7 Å². The first-order valence-electron chi connectivity index (χ1n) is 9.16. The lowest BCUT2D eigenvalue weighted by molar-refractivity contribution is -0.294. The summed E-state index contributed by atoms with van der Waals surface area (Å²) in [5.74, 6) is -0.0125. The topological polar surface area (TPSA) is 115 Å². The number of rotatable bonds is 7. The Labute approximate surface area is 168 Å². The molecule has 1 fully saturated rings. The van der Waals surface area contributed by atoms with Gasteiger partial charge in [-0.05, 0) is 29.8 Å². The summed E-state index contributed by atoms with van der Waals surface area (Å²) in [4.78, 5) is 12.2. The molecule has 2 aromatic carbocycles. The summed E-state index contributed by atoms with van der Waals surface area (Å²) in [6, 6.07) is 16.2. The van der Waals surface area contributed by atoms with Crippen LogP contribution >= 0.6 is 0 Å². The van der Waals surface area contributed by atoms with Crippen LogP contribution in [0.25, 0.3) is 0 Å². The van der Waals surface area contributed by atoms with Gasteiger partial charge >= 0.3 is 5.97 Å². The molecule has 1 saturated heterocycles. The quantitative estimate of drug-likeness (QED) is 0.583. The van der Waals surface area contributed by atoms with E-state index in [-0.39, 0.29) is 6.61 Å². The Bertz CT molecular complexity index is 777. The second kappa shape index (κ2) is 9.82. The molecule has 3 rings (SSSR count). The zero-order chi connectivity index (χ0) is 20.8. The monoisotopic (exact) mass is 404 g/mol. The molecular formula is C21H24O8. The van der Waals surface area contributed by atoms with Crippen molar-refractivity contribution < 1.29 is 39.1 Å². The van der Waals surface area contributed by atoms with Crippen molar-refractivity contribution in [2.24, 2.45) is 0 Å². The van der Waals surface area contributed by atoms with Crippen LogP contribution in [0.4, 0.5) is 0 Å². The van der Waals surface area contributed by atoms with Gasteiger partial charge in [0.2, 0.25) is 0 Å². The predicted octanol–water partition coefficient (Wildman–Crippen LogP) is 0.876. The van der Waals surface area contributed by atoms with Crippen molar-refractivity contribution in [3.05, 3.63) is 65.7 Å². The molecule has 1 heterocycles. The first-order chi connectivity index (χ1) is 14.0. The van der Waals surface area contributed by atoms with Crippen molar-refractivity contribution in [1.82, 2.24) is 0 Å². The van der Waals surface area contributed by atoms with Crippen LogP contribution in [0.2, 0.25) is 0 Å². The highest BCUT2D eigenvalue weighted by molar-refractivity contribution is 5.89. The number of hydrogen-bond acceptors (Lipinski definition) is 8. The largest absolute Gasteiger partial charge is 0.489 e. The van der Waals surface area contributed by atoms with Gasteiger partial charge in [-0.3, -0.25) is 0 Å². The number of benzene rings is 2. The molecular weight excluding hydrogens is 380 g/mol. The van der Waals surface area contributed by atoms with Gasteiger partial charge in [0, 0.05) is 7.11 Å². The van der Waals surface area contributed by atoms with E-state index < -0.39 is 36.7 Å². The van der Waals surface area contributed by atoms with Crippen molar-refractivity contribution in [3.63, 3.8) is 0 Å². The van der Waals surface area contributed by atoms with E-state index in [1.54, 1.807) is 24.3 Å². The molecule has 5 atom stereocenters. The van der Waals surface area contributed by atoms with E-state index in [9.17, 15) is 20.1 Å². The van der Waals surface area contributed by atoms with Gasteiger partial charge in [-0.15, -0.1) is 0 Å². The fourth-order valence-electron chi connectivity index (χ4n) is 2.92. The van der Waals surface area contributed by atoms with Crippen LogP contribution in [0, 0.1) is 0 Å². The van der Waals surface area contributed by atoms with Crippen molar-refractivity contribution in [1.29, 1.82) is 0 Å². The fraction of sp³-hybridized carbons (Fsp3) is 0.381. The molecule has 0 bridgehead atoms. The number of aliphatic hydroxyl groups excluding tert-OH is 3. The highest BCUT2D eigenvalue weighted by Gasteiger charge is 2.44.